The Morgan fingerprint density at radius 3 is 2.74 bits per heavy atom. The van der Waals surface area contributed by atoms with Crippen LogP contribution in [0.2, 0.25) is 5.02 Å². The monoisotopic (exact) mass is 339 g/mol. The first kappa shape index (κ1) is 17.9. The number of nitrogens with zero attached hydrogens (tertiary/aromatic N) is 1. The summed E-state index contributed by atoms with van der Waals surface area (Å²) in [4.78, 5) is 15.7. The molecule has 5 heteroatoms. The lowest BCUT2D eigenvalue weighted by Crippen LogP contribution is -2.13. The van der Waals surface area contributed by atoms with Gasteiger partial charge < -0.3 is 4.74 Å². The molecule has 0 aromatic heterocycles. The molecule has 126 valence electrons. The van der Waals surface area contributed by atoms with Crippen molar-refractivity contribution in [1.82, 2.24) is 0 Å². The number of ether oxygens (including phenoxy) is 1. The molecule has 1 aliphatic carbocycles. The van der Waals surface area contributed by atoms with Gasteiger partial charge in [-0.2, -0.15) is 0 Å². The number of benzene rings is 1. The number of alkyl halides is 1. The number of hydrogen-bond donors (Lipinski definition) is 0. The summed E-state index contributed by atoms with van der Waals surface area (Å²) in [5.74, 6) is 0.491. The second kappa shape index (κ2) is 7.91. The molecule has 1 aromatic carbocycles. The van der Waals surface area contributed by atoms with Gasteiger partial charge in [0.05, 0.1) is 0 Å². The molecule has 23 heavy (non-hydrogen) atoms. The van der Waals surface area contributed by atoms with E-state index in [9.17, 15) is 9.18 Å². The Labute approximate surface area is 141 Å². The molecule has 0 heterocycles. The van der Waals surface area contributed by atoms with E-state index in [2.05, 4.69) is 4.99 Å². The zero-order valence-electron chi connectivity index (χ0n) is 13.6. The first-order chi connectivity index (χ1) is 10.9. The van der Waals surface area contributed by atoms with E-state index in [1.165, 1.54) is 39.2 Å². The molecule has 0 saturated heterocycles. The number of halogens is 2. The minimum atomic E-state index is -1.57. The van der Waals surface area contributed by atoms with Crippen molar-refractivity contribution in [2.45, 2.75) is 51.6 Å². The number of hydrogen-bond acceptors (Lipinski definition) is 2. The van der Waals surface area contributed by atoms with Gasteiger partial charge in [-0.05, 0) is 50.8 Å². The van der Waals surface area contributed by atoms with Gasteiger partial charge in [-0.25, -0.2) is 9.38 Å². The summed E-state index contributed by atoms with van der Waals surface area (Å²) in [6.45, 7) is 2.70. The summed E-state index contributed by atoms with van der Waals surface area (Å²) in [5, 5.41) is 0.339. The molecule has 0 atom stereocenters. The fourth-order valence-corrected chi connectivity index (χ4v) is 3.05. The van der Waals surface area contributed by atoms with E-state index in [4.69, 9.17) is 16.3 Å². The van der Waals surface area contributed by atoms with Crippen LogP contribution in [0.15, 0.2) is 23.2 Å². The number of carbonyl (C=O) groups is 1. The molecule has 1 amide bonds. The zero-order valence-corrected chi connectivity index (χ0v) is 14.4. The lowest BCUT2D eigenvalue weighted by molar-refractivity contribution is -0.119. The highest BCUT2D eigenvalue weighted by Gasteiger charge is 2.22. The lowest BCUT2D eigenvalue weighted by atomic mass is 9.90. The molecule has 0 radical (unpaired) electrons. The van der Waals surface area contributed by atoms with Crippen molar-refractivity contribution in [2.75, 3.05) is 6.61 Å². The maximum absolute atomic E-state index is 14.1. The smallest absolute Gasteiger partial charge is 0.283 e. The first-order valence-corrected chi connectivity index (χ1v) is 8.43. The van der Waals surface area contributed by atoms with Gasteiger partial charge in [-0.3, -0.25) is 4.79 Å². The maximum Gasteiger partial charge on any atom is 0.283 e. The van der Waals surface area contributed by atoms with E-state index in [0.29, 0.717) is 22.3 Å². The van der Waals surface area contributed by atoms with Crippen LogP contribution in [0.25, 0.3) is 0 Å². The fourth-order valence-electron chi connectivity index (χ4n) is 2.70. The minimum Gasteiger partial charge on any atom is -0.484 e. The first-order valence-electron chi connectivity index (χ1n) is 8.05. The quantitative estimate of drug-likeness (QED) is 0.700. The van der Waals surface area contributed by atoms with Crippen LogP contribution in [0.5, 0.6) is 5.75 Å². The van der Waals surface area contributed by atoms with Gasteiger partial charge in [0.2, 0.25) is 0 Å². The Hall–Kier alpha value is -1.42. The third kappa shape index (κ3) is 5.61. The van der Waals surface area contributed by atoms with E-state index >= 15 is 0 Å². The summed E-state index contributed by atoms with van der Waals surface area (Å²) in [5.41, 5.74) is -1.23. The summed E-state index contributed by atoms with van der Waals surface area (Å²) in [6.07, 6.45) is 7.63. The third-order valence-electron chi connectivity index (χ3n) is 4.02. The molecule has 0 unspecified atom stereocenters. The molecule has 0 bridgehead atoms. The number of carbonyl (C=O) groups excluding carboxylic acids is 1. The van der Waals surface area contributed by atoms with Crippen molar-refractivity contribution in [2.24, 2.45) is 10.9 Å². The van der Waals surface area contributed by atoms with Gasteiger partial charge in [0.25, 0.3) is 5.91 Å². The van der Waals surface area contributed by atoms with Crippen molar-refractivity contribution in [1.29, 1.82) is 0 Å². The molecule has 1 fully saturated rings. The fraction of sp³-hybridized carbons (Fsp3) is 0.556. The molecule has 1 saturated carbocycles. The molecule has 1 aliphatic rings. The third-order valence-corrected chi connectivity index (χ3v) is 4.35. The Morgan fingerprint density at radius 2 is 2.09 bits per heavy atom. The Kier molecular flexibility index (Phi) is 6.17. The average Bonchev–Trinajstić information content (AvgIpc) is 2.52. The van der Waals surface area contributed by atoms with Gasteiger partial charge in [0, 0.05) is 16.8 Å². The van der Waals surface area contributed by atoms with Crippen molar-refractivity contribution < 1.29 is 13.9 Å². The van der Waals surface area contributed by atoms with E-state index in [0.717, 1.165) is 12.8 Å². The van der Waals surface area contributed by atoms with E-state index < -0.39 is 5.67 Å². The largest absolute Gasteiger partial charge is 0.484 e. The predicted molar refractivity (Wildman–Crippen MR) is 91.2 cm³/mol. The summed E-state index contributed by atoms with van der Waals surface area (Å²) < 4.78 is 19.5. The van der Waals surface area contributed by atoms with Gasteiger partial charge in [-0.15, -0.1) is 0 Å². The van der Waals surface area contributed by atoms with Crippen LogP contribution >= 0.6 is 11.6 Å². The topological polar surface area (TPSA) is 38.7 Å². The highest BCUT2D eigenvalue weighted by atomic mass is 35.5. The minimum absolute atomic E-state index is 0.156. The highest BCUT2D eigenvalue weighted by molar-refractivity contribution is 6.31. The van der Waals surface area contributed by atoms with Crippen LogP contribution in [0.3, 0.4) is 0 Å². The van der Waals surface area contributed by atoms with Crippen LogP contribution in [-0.2, 0) is 10.5 Å². The van der Waals surface area contributed by atoms with Crippen molar-refractivity contribution in [3.63, 3.8) is 0 Å². The predicted octanol–water partition coefficient (Wildman–Crippen LogP) is 5.10. The van der Waals surface area contributed by atoms with Crippen LogP contribution in [0.1, 0.15) is 51.5 Å². The number of rotatable bonds is 5. The highest BCUT2D eigenvalue weighted by Crippen LogP contribution is 2.33. The van der Waals surface area contributed by atoms with Gasteiger partial charge in [0.1, 0.15) is 11.4 Å². The van der Waals surface area contributed by atoms with Crippen LogP contribution in [-0.4, -0.2) is 18.7 Å². The number of amides is 1. The van der Waals surface area contributed by atoms with Gasteiger partial charge in [-0.1, -0.05) is 30.9 Å². The van der Waals surface area contributed by atoms with Crippen molar-refractivity contribution in [3.8, 4) is 5.75 Å². The van der Waals surface area contributed by atoms with Crippen LogP contribution in [0.4, 0.5) is 4.39 Å². The second-order valence-corrected chi connectivity index (χ2v) is 6.88. The Morgan fingerprint density at radius 1 is 1.39 bits per heavy atom. The SMILES string of the molecule is CC(C)(F)c1cc(OCC(=O)N=CC2CCCCC2)ccc1Cl. The van der Waals surface area contributed by atoms with Gasteiger partial charge >= 0.3 is 0 Å². The lowest BCUT2D eigenvalue weighted by Gasteiger charge is -2.17. The normalized spacial score (nSPS) is 16.7. The summed E-state index contributed by atoms with van der Waals surface area (Å²) in [7, 11) is 0. The molecule has 1 aromatic rings. The molecular weight excluding hydrogens is 317 g/mol. The van der Waals surface area contributed by atoms with Crippen molar-refractivity contribution >= 4 is 23.7 Å². The zero-order chi connectivity index (χ0) is 16.9. The van der Waals surface area contributed by atoms with Gasteiger partial charge in [0.15, 0.2) is 6.61 Å². The average molecular weight is 340 g/mol. The second-order valence-electron chi connectivity index (χ2n) is 6.47. The summed E-state index contributed by atoms with van der Waals surface area (Å²) >= 11 is 5.99. The van der Waals surface area contributed by atoms with Crippen LogP contribution in [0, 0.1) is 5.92 Å². The van der Waals surface area contributed by atoms with Crippen LogP contribution < -0.4 is 4.74 Å². The van der Waals surface area contributed by atoms with E-state index in [1.807, 2.05) is 0 Å². The summed E-state index contributed by atoms with van der Waals surface area (Å²) in [6, 6.07) is 4.72. The number of aliphatic imine (C=N–C) groups is 1. The Bertz CT molecular complexity index is 575. The van der Waals surface area contributed by atoms with E-state index in [1.54, 1.807) is 18.3 Å². The van der Waals surface area contributed by atoms with Crippen molar-refractivity contribution in [3.05, 3.63) is 28.8 Å². The molecule has 0 N–H and O–H groups in total. The molecule has 0 aliphatic heterocycles. The maximum atomic E-state index is 14.1. The molecule has 0 spiro atoms. The molecular formula is C18H23ClFNO2. The standard InChI is InChI=1S/C18H23ClFNO2/c1-18(2,20)15-10-14(8-9-16(15)19)23-12-17(22)21-11-13-6-4-3-5-7-13/h8-11,13H,3-7,12H2,1-2H3. The Balaban J connectivity index is 1.90. The molecule has 2 rings (SSSR count). The van der Waals surface area contributed by atoms with E-state index in [-0.39, 0.29) is 12.5 Å². The molecule has 3 nitrogen and oxygen atoms in total.